The summed E-state index contributed by atoms with van der Waals surface area (Å²) in [6, 6.07) is 0. The van der Waals surface area contributed by atoms with Gasteiger partial charge in [-0.25, -0.2) is 0 Å². The van der Waals surface area contributed by atoms with Crippen LogP contribution in [0.4, 0.5) is 0 Å². The van der Waals surface area contributed by atoms with Crippen molar-refractivity contribution < 1.29 is 4.79 Å². The molecule has 4 heteroatoms. The van der Waals surface area contributed by atoms with E-state index in [1.807, 2.05) is 0 Å². The van der Waals surface area contributed by atoms with Crippen molar-refractivity contribution in [2.75, 3.05) is 0 Å². The highest BCUT2D eigenvalue weighted by Gasteiger charge is 2.37. The van der Waals surface area contributed by atoms with E-state index in [1.54, 1.807) is 6.92 Å². The van der Waals surface area contributed by atoms with Crippen molar-refractivity contribution in [3.8, 4) is 0 Å². The molecule has 0 spiro atoms. The molecule has 1 amide bonds. The Hall–Kier alpha value is -0.0962. The number of nitrogens with one attached hydrogen (secondary N) is 1. The van der Waals surface area contributed by atoms with Gasteiger partial charge >= 0.3 is 0 Å². The molecule has 0 aromatic rings. The Morgan fingerprint density at radius 1 is 1.00 bits per heavy atom. The van der Waals surface area contributed by atoms with Gasteiger partial charge in [0, 0.05) is 12.2 Å². The molecule has 0 aliphatic heterocycles. The minimum atomic E-state index is -1.26. The van der Waals surface area contributed by atoms with Crippen LogP contribution in [0.3, 0.4) is 0 Å². The molecular weight excluding hydrogens is 194 g/mol. The van der Waals surface area contributed by atoms with Gasteiger partial charge in [-0.3, -0.25) is 4.79 Å². The van der Waals surface area contributed by atoms with E-state index in [0.29, 0.717) is 5.29 Å². The summed E-state index contributed by atoms with van der Waals surface area (Å²) in [6.07, 6.45) is 0. The second-order valence-electron chi connectivity index (χ2n) is 5.87. The molecule has 0 radical (unpaired) electrons. The lowest BCUT2D eigenvalue weighted by Gasteiger charge is -2.38. The standard InChI is InChI=1S/C9H23NOSi2/c1-8(11)10-9(12(2,3)4)13(5,6)7/h9H,1-7H3,(H,10,11). The van der Waals surface area contributed by atoms with Gasteiger partial charge in [-0.15, -0.1) is 0 Å². The third kappa shape index (κ3) is 4.62. The third-order valence-corrected chi connectivity index (χ3v) is 11.0. The third-order valence-electron chi connectivity index (χ3n) is 2.08. The quantitative estimate of drug-likeness (QED) is 0.722. The molecule has 0 saturated heterocycles. The van der Waals surface area contributed by atoms with Crippen LogP contribution >= 0.6 is 0 Å². The average Bonchev–Trinajstić information content (AvgIpc) is 1.77. The first kappa shape index (κ1) is 12.9. The van der Waals surface area contributed by atoms with Crippen molar-refractivity contribution in [2.24, 2.45) is 0 Å². The van der Waals surface area contributed by atoms with Crippen LogP contribution in [0.2, 0.25) is 39.3 Å². The largest absolute Gasteiger partial charge is 0.359 e. The summed E-state index contributed by atoms with van der Waals surface area (Å²) >= 11 is 0. The van der Waals surface area contributed by atoms with Gasteiger partial charge in [-0.2, -0.15) is 0 Å². The molecule has 1 N–H and O–H groups in total. The summed E-state index contributed by atoms with van der Waals surface area (Å²) in [7, 11) is -2.51. The smallest absolute Gasteiger partial charge is 0.216 e. The van der Waals surface area contributed by atoms with Crippen LogP contribution in [-0.4, -0.2) is 27.3 Å². The maximum absolute atomic E-state index is 11.1. The predicted molar refractivity (Wildman–Crippen MR) is 64.3 cm³/mol. The zero-order valence-electron chi connectivity index (χ0n) is 9.99. The lowest BCUT2D eigenvalue weighted by Crippen LogP contribution is -2.62. The van der Waals surface area contributed by atoms with E-state index in [1.165, 1.54) is 0 Å². The monoisotopic (exact) mass is 217 g/mol. The van der Waals surface area contributed by atoms with E-state index in [-0.39, 0.29) is 5.91 Å². The van der Waals surface area contributed by atoms with Gasteiger partial charge in [-0.05, 0) is 0 Å². The van der Waals surface area contributed by atoms with Gasteiger partial charge < -0.3 is 5.32 Å². The van der Waals surface area contributed by atoms with Gasteiger partial charge in [0.25, 0.3) is 0 Å². The van der Waals surface area contributed by atoms with Gasteiger partial charge in [0.05, 0.1) is 16.1 Å². The maximum atomic E-state index is 11.1. The molecule has 78 valence electrons. The molecule has 0 heterocycles. The summed E-state index contributed by atoms with van der Waals surface area (Å²) < 4.78 is 0. The molecule has 0 aliphatic carbocycles. The van der Waals surface area contributed by atoms with Crippen molar-refractivity contribution in [1.29, 1.82) is 0 Å². The van der Waals surface area contributed by atoms with Crippen molar-refractivity contribution in [3.05, 3.63) is 0 Å². The number of hydrogen-bond donors (Lipinski definition) is 1. The van der Waals surface area contributed by atoms with Crippen LogP contribution < -0.4 is 5.32 Å². The zero-order chi connectivity index (χ0) is 10.9. The maximum Gasteiger partial charge on any atom is 0.216 e. The van der Waals surface area contributed by atoms with Gasteiger partial charge in [0.2, 0.25) is 5.91 Å². The molecule has 0 aromatic carbocycles. The molecule has 0 unspecified atom stereocenters. The average molecular weight is 217 g/mol. The van der Waals surface area contributed by atoms with E-state index >= 15 is 0 Å². The van der Waals surface area contributed by atoms with Crippen molar-refractivity contribution in [1.82, 2.24) is 5.32 Å². The van der Waals surface area contributed by atoms with Crippen LogP contribution in [0, 0.1) is 0 Å². The van der Waals surface area contributed by atoms with E-state index in [4.69, 9.17) is 0 Å². The molecule has 0 aliphatic rings. The molecule has 0 atom stereocenters. The highest BCUT2D eigenvalue weighted by atomic mass is 28.4. The molecule has 2 nitrogen and oxygen atoms in total. The summed E-state index contributed by atoms with van der Waals surface area (Å²) in [6.45, 7) is 15.6. The SMILES string of the molecule is CC(=O)NC([Si](C)(C)C)[Si](C)(C)C. The fourth-order valence-electron chi connectivity index (χ4n) is 1.94. The normalized spacial score (nSPS) is 13.2. The number of carbonyl (C=O) groups is 1. The van der Waals surface area contributed by atoms with Gasteiger partial charge in [0.15, 0.2) is 0 Å². The van der Waals surface area contributed by atoms with Gasteiger partial charge in [-0.1, -0.05) is 39.3 Å². The fraction of sp³-hybridized carbons (Fsp3) is 0.889. The first-order chi connectivity index (χ1) is 5.55. The molecular formula is C9H23NOSi2. The molecule has 13 heavy (non-hydrogen) atoms. The topological polar surface area (TPSA) is 29.1 Å². The second-order valence-corrected chi connectivity index (χ2v) is 17.1. The van der Waals surface area contributed by atoms with Crippen LogP contribution in [0.5, 0.6) is 0 Å². The summed E-state index contributed by atoms with van der Waals surface area (Å²) in [5.74, 6) is 0.120. The summed E-state index contributed by atoms with van der Waals surface area (Å²) in [5.41, 5.74) is 0. The molecule has 0 saturated carbocycles. The van der Waals surface area contributed by atoms with E-state index in [0.717, 1.165) is 0 Å². The van der Waals surface area contributed by atoms with Crippen LogP contribution in [0.1, 0.15) is 6.92 Å². The number of rotatable bonds is 3. The van der Waals surface area contributed by atoms with Crippen LogP contribution in [0.15, 0.2) is 0 Å². The lowest BCUT2D eigenvalue weighted by atomic mass is 10.7. The van der Waals surface area contributed by atoms with Crippen molar-refractivity contribution >= 4 is 22.1 Å². The Labute approximate surface area is 84.1 Å². The molecule has 0 aromatic heterocycles. The summed E-state index contributed by atoms with van der Waals surface area (Å²) in [5, 5.41) is 3.63. The lowest BCUT2D eigenvalue weighted by molar-refractivity contribution is -0.118. The zero-order valence-corrected chi connectivity index (χ0v) is 12.0. The Morgan fingerprint density at radius 2 is 1.31 bits per heavy atom. The van der Waals surface area contributed by atoms with Crippen molar-refractivity contribution in [2.45, 2.75) is 51.5 Å². The first-order valence-electron chi connectivity index (χ1n) is 4.82. The van der Waals surface area contributed by atoms with Crippen LogP contribution in [0.25, 0.3) is 0 Å². The summed E-state index contributed by atoms with van der Waals surface area (Å²) in [4.78, 5) is 11.1. The van der Waals surface area contributed by atoms with Gasteiger partial charge in [0.1, 0.15) is 0 Å². The minimum Gasteiger partial charge on any atom is -0.359 e. The van der Waals surface area contributed by atoms with Crippen molar-refractivity contribution in [3.63, 3.8) is 0 Å². The number of amides is 1. The number of hydrogen-bond acceptors (Lipinski definition) is 1. The van der Waals surface area contributed by atoms with E-state index in [2.05, 4.69) is 44.6 Å². The Kier molecular flexibility index (Phi) is 3.93. The Bertz CT molecular complexity index is 177. The molecule has 0 fully saturated rings. The highest BCUT2D eigenvalue weighted by Crippen LogP contribution is 2.18. The Morgan fingerprint density at radius 3 is 1.38 bits per heavy atom. The predicted octanol–water partition coefficient (Wildman–Crippen LogP) is 2.25. The molecule has 0 rings (SSSR count). The Balaban J connectivity index is 4.68. The van der Waals surface area contributed by atoms with Crippen LogP contribution in [-0.2, 0) is 4.79 Å². The number of carbonyl (C=O) groups excluding carboxylic acids is 1. The van der Waals surface area contributed by atoms with E-state index < -0.39 is 16.1 Å². The minimum absolute atomic E-state index is 0.120. The van der Waals surface area contributed by atoms with E-state index in [9.17, 15) is 4.79 Å². The second kappa shape index (κ2) is 3.96. The first-order valence-corrected chi connectivity index (χ1v) is 12.0. The molecule has 0 bridgehead atoms. The fourth-order valence-corrected chi connectivity index (χ4v) is 13.6. The highest BCUT2D eigenvalue weighted by molar-refractivity contribution is 6.96.